The minimum Gasteiger partial charge on any atom is -0.387 e. The van der Waals surface area contributed by atoms with Crippen molar-refractivity contribution in [1.82, 2.24) is 24.4 Å². The van der Waals surface area contributed by atoms with Crippen molar-refractivity contribution >= 4 is 17.0 Å². The number of nitrogen functional groups attached to an aromatic ring is 1. The highest BCUT2D eigenvalue weighted by Crippen LogP contribution is 2.32. The fourth-order valence-corrected chi connectivity index (χ4v) is 2.90. The van der Waals surface area contributed by atoms with Crippen LogP contribution in [0.15, 0.2) is 24.8 Å². The average molecular weight is 349 g/mol. The lowest BCUT2D eigenvalue weighted by atomic mass is 10.1. The molecule has 0 radical (unpaired) electrons. The van der Waals surface area contributed by atoms with Crippen LogP contribution in [0.1, 0.15) is 6.23 Å². The summed E-state index contributed by atoms with van der Waals surface area (Å²) in [6.07, 6.45) is 3.13. The zero-order valence-corrected chi connectivity index (χ0v) is 13.9. The molecule has 25 heavy (non-hydrogen) atoms. The fraction of sp³-hybridized carbons (Fsp3) is 0.533. The van der Waals surface area contributed by atoms with Gasteiger partial charge in [-0.15, -0.1) is 0 Å². The second kappa shape index (κ2) is 7.42. The summed E-state index contributed by atoms with van der Waals surface area (Å²) in [6, 6.07) is 0. The molecule has 3 rings (SSSR count). The molecule has 6 N–H and O–H groups in total. The molecule has 10 heteroatoms. The van der Waals surface area contributed by atoms with Crippen molar-refractivity contribution in [3.8, 4) is 0 Å². The van der Waals surface area contributed by atoms with Gasteiger partial charge in [0.2, 0.25) is 0 Å². The van der Waals surface area contributed by atoms with E-state index in [4.69, 9.17) is 16.2 Å². The van der Waals surface area contributed by atoms with Gasteiger partial charge >= 0.3 is 0 Å². The van der Waals surface area contributed by atoms with Crippen molar-refractivity contribution in [1.29, 1.82) is 0 Å². The largest absolute Gasteiger partial charge is 0.387 e. The molecule has 0 aromatic carbocycles. The average Bonchev–Trinajstić information content (AvgIpc) is 3.13. The molecule has 0 saturated carbocycles. The Hall–Kier alpha value is -2.11. The van der Waals surface area contributed by atoms with E-state index in [0.29, 0.717) is 30.8 Å². The first-order valence-electron chi connectivity index (χ1n) is 8.01. The molecule has 10 nitrogen and oxygen atoms in total. The molecule has 0 bridgehead atoms. The molecule has 2 aromatic heterocycles. The van der Waals surface area contributed by atoms with Crippen LogP contribution in [0, 0.1) is 0 Å². The first kappa shape index (κ1) is 17.7. The Morgan fingerprint density at radius 3 is 2.84 bits per heavy atom. The van der Waals surface area contributed by atoms with E-state index in [9.17, 15) is 10.2 Å². The first-order valence-corrected chi connectivity index (χ1v) is 8.01. The van der Waals surface area contributed by atoms with Gasteiger partial charge in [-0.2, -0.15) is 0 Å². The maximum absolute atomic E-state index is 10.4. The third kappa shape index (κ3) is 3.48. The SMILES string of the molecule is CN(C/C=C\CN)C[C@H]1O[C@@H](n2cnc3c(N)ncnc32)C(O)[C@H]1O. The quantitative estimate of drug-likeness (QED) is 0.456. The number of nitrogens with two attached hydrogens (primary N) is 2. The Balaban J connectivity index is 1.75. The van der Waals surface area contributed by atoms with Gasteiger partial charge in [0.1, 0.15) is 30.2 Å². The minimum absolute atomic E-state index is 0.250. The van der Waals surface area contributed by atoms with Crippen molar-refractivity contribution in [3.63, 3.8) is 0 Å². The van der Waals surface area contributed by atoms with Crippen LogP contribution in [0.3, 0.4) is 0 Å². The van der Waals surface area contributed by atoms with Crippen LogP contribution in [0.2, 0.25) is 0 Å². The predicted octanol–water partition coefficient (Wildman–Crippen LogP) is -1.53. The molecule has 0 spiro atoms. The third-order valence-corrected chi connectivity index (χ3v) is 4.21. The van der Waals surface area contributed by atoms with Gasteiger partial charge in [0, 0.05) is 19.6 Å². The van der Waals surface area contributed by atoms with Crippen molar-refractivity contribution in [2.45, 2.75) is 24.5 Å². The van der Waals surface area contributed by atoms with E-state index >= 15 is 0 Å². The number of rotatable bonds is 6. The monoisotopic (exact) mass is 349 g/mol. The molecule has 136 valence electrons. The molecule has 1 fully saturated rings. The van der Waals surface area contributed by atoms with E-state index in [1.165, 1.54) is 12.7 Å². The number of likely N-dealkylation sites (N-methyl/N-ethyl adjacent to an activating group) is 1. The number of fused-ring (bicyclic) bond motifs is 1. The van der Waals surface area contributed by atoms with Crippen LogP contribution in [0.4, 0.5) is 5.82 Å². The van der Waals surface area contributed by atoms with Crippen LogP contribution >= 0.6 is 0 Å². The molecule has 1 aliphatic rings. The summed E-state index contributed by atoms with van der Waals surface area (Å²) in [7, 11) is 1.90. The highest BCUT2D eigenvalue weighted by molar-refractivity contribution is 5.81. The van der Waals surface area contributed by atoms with E-state index < -0.39 is 24.5 Å². The third-order valence-electron chi connectivity index (χ3n) is 4.21. The molecule has 0 amide bonds. The molecule has 1 saturated heterocycles. The number of anilines is 1. The molecule has 0 aliphatic carbocycles. The number of imidazole rings is 1. The fourth-order valence-electron chi connectivity index (χ4n) is 2.90. The Kier molecular flexibility index (Phi) is 5.25. The van der Waals surface area contributed by atoms with Gasteiger partial charge in [0.05, 0.1) is 6.33 Å². The molecule has 1 aliphatic heterocycles. The Morgan fingerprint density at radius 2 is 2.08 bits per heavy atom. The van der Waals surface area contributed by atoms with Gasteiger partial charge in [0.25, 0.3) is 0 Å². The molecule has 3 heterocycles. The number of nitrogens with zero attached hydrogens (tertiary/aromatic N) is 5. The maximum atomic E-state index is 10.4. The molecule has 4 atom stereocenters. The molecular weight excluding hydrogens is 326 g/mol. The minimum atomic E-state index is -1.11. The summed E-state index contributed by atoms with van der Waals surface area (Å²) >= 11 is 0. The topological polar surface area (TPSA) is 149 Å². The van der Waals surface area contributed by atoms with Gasteiger partial charge in [-0.25, -0.2) is 15.0 Å². The molecule has 2 aromatic rings. The van der Waals surface area contributed by atoms with Crippen LogP contribution in [-0.2, 0) is 4.74 Å². The van der Waals surface area contributed by atoms with Gasteiger partial charge < -0.3 is 31.3 Å². The Bertz CT molecular complexity index is 750. The number of hydrogen-bond acceptors (Lipinski definition) is 9. The van der Waals surface area contributed by atoms with Gasteiger partial charge in [-0.05, 0) is 7.05 Å². The Morgan fingerprint density at radius 1 is 1.28 bits per heavy atom. The van der Waals surface area contributed by atoms with Crippen molar-refractivity contribution in [2.75, 3.05) is 32.4 Å². The highest BCUT2D eigenvalue weighted by Gasteiger charge is 2.44. The first-order chi connectivity index (χ1) is 12.0. The standard InChI is InChI=1S/C15H23N7O3/c1-21(5-3-2-4-16)6-9-11(23)12(24)15(25-9)22-8-20-10-13(17)18-7-19-14(10)22/h2-3,7-9,11-12,15,23-24H,4-6,16H2,1H3,(H2,17,18,19)/b3-2-/t9-,11+,12?,15-/m1/s1. The number of hydrogen-bond donors (Lipinski definition) is 4. The summed E-state index contributed by atoms with van der Waals surface area (Å²) < 4.78 is 7.45. The van der Waals surface area contributed by atoms with Crippen LogP contribution in [0.25, 0.3) is 11.2 Å². The number of ether oxygens (including phenoxy) is 1. The second-order valence-corrected chi connectivity index (χ2v) is 6.06. The lowest BCUT2D eigenvalue weighted by Crippen LogP contribution is -2.38. The van der Waals surface area contributed by atoms with E-state index in [2.05, 4.69) is 15.0 Å². The van der Waals surface area contributed by atoms with Gasteiger partial charge in [0.15, 0.2) is 17.7 Å². The summed E-state index contributed by atoms with van der Waals surface area (Å²) in [5.74, 6) is 0.250. The van der Waals surface area contributed by atoms with Gasteiger partial charge in [-0.1, -0.05) is 12.2 Å². The molecular formula is C15H23N7O3. The van der Waals surface area contributed by atoms with Crippen LogP contribution < -0.4 is 11.5 Å². The number of aromatic nitrogens is 4. The van der Waals surface area contributed by atoms with Crippen molar-refractivity contribution < 1.29 is 14.9 Å². The van der Waals surface area contributed by atoms with Gasteiger partial charge in [-0.3, -0.25) is 4.57 Å². The second-order valence-electron chi connectivity index (χ2n) is 6.06. The number of aliphatic hydroxyl groups is 2. The predicted molar refractivity (Wildman–Crippen MR) is 91.4 cm³/mol. The lowest BCUT2D eigenvalue weighted by Gasteiger charge is -2.21. The smallest absolute Gasteiger partial charge is 0.167 e. The van der Waals surface area contributed by atoms with Crippen LogP contribution in [0.5, 0.6) is 0 Å². The zero-order valence-electron chi connectivity index (χ0n) is 13.9. The van der Waals surface area contributed by atoms with E-state index in [0.717, 1.165) is 0 Å². The normalized spacial score (nSPS) is 27.1. The van der Waals surface area contributed by atoms with Crippen molar-refractivity contribution in [3.05, 3.63) is 24.8 Å². The summed E-state index contributed by atoms with van der Waals surface area (Å²) in [6.45, 7) is 1.60. The lowest BCUT2D eigenvalue weighted by molar-refractivity contribution is -0.0414. The van der Waals surface area contributed by atoms with E-state index in [1.807, 2.05) is 24.1 Å². The van der Waals surface area contributed by atoms with E-state index in [-0.39, 0.29) is 5.82 Å². The summed E-state index contributed by atoms with van der Waals surface area (Å²) in [5.41, 5.74) is 12.1. The molecule has 1 unspecified atom stereocenters. The van der Waals surface area contributed by atoms with E-state index in [1.54, 1.807) is 4.57 Å². The number of aliphatic hydroxyl groups excluding tert-OH is 2. The maximum Gasteiger partial charge on any atom is 0.167 e. The summed E-state index contributed by atoms with van der Waals surface area (Å²) in [5, 5.41) is 20.8. The van der Waals surface area contributed by atoms with Crippen LogP contribution in [-0.4, -0.2) is 79.6 Å². The highest BCUT2D eigenvalue weighted by atomic mass is 16.6. The summed E-state index contributed by atoms with van der Waals surface area (Å²) in [4.78, 5) is 14.2. The Labute approximate surface area is 144 Å². The zero-order chi connectivity index (χ0) is 18.0. The van der Waals surface area contributed by atoms with Crippen molar-refractivity contribution in [2.24, 2.45) is 5.73 Å².